The predicted octanol–water partition coefficient (Wildman–Crippen LogP) is 3.77. The number of nitrogens with one attached hydrogen (secondary N) is 1. The molecular formula is C21H26N4O3. The lowest BCUT2D eigenvalue weighted by Gasteiger charge is -2.25. The number of nitrogens with two attached hydrogens (primary N) is 1. The van der Waals surface area contributed by atoms with Gasteiger partial charge in [0.25, 0.3) is 0 Å². The molecule has 3 rings (SSSR count). The third-order valence-electron chi connectivity index (χ3n) is 4.58. The highest BCUT2D eigenvalue weighted by atomic mass is 16.5. The maximum absolute atomic E-state index is 9.77. The minimum Gasteiger partial charge on any atom is -0.490 e. The van der Waals surface area contributed by atoms with Gasteiger partial charge in [-0.15, -0.1) is 5.10 Å². The van der Waals surface area contributed by atoms with E-state index in [1.54, 1.807) is 0 Å². The highest BCUT2D eigenvalue weighted by Gasteiger charge is 2.35. The third kappa shape index (κ3) is 3.63. The Hall–Kier alpha value is -3.14. The Morgan fingerprint density at radius 3 is 2.71 bits per heavy atom. The molecule has 7 nitrogen and oxygen atoms in total. The molecule has 1 unspecified atom stereocenters. The molecule has 2 aromatic rings. The zero-order valence-electron chi connectivity index (χ0n) is 16.5. The molecule has 1 aromatic carbocycles. The molecule has 0 bridgehead atoms. The second-order valence-corrected chi connectivity index (χ2v) is 6.58. The molecule has 0 spiro atoms. The topological polar surface area (TPSA) is 106 Å². The van der Waals surface area contributed by atoms with Gasteiger partial charge in [-0.2, -0.15) is 5.26 Å². The van der Waals surface area contributed by atoms with Crippen LogP contribution >= 0.6 is 0 Å². The summed E-state index contributed by atoms with van der Waals surface area (Å²) in [4.78, 5) is 0. The van der Waals surface area contributed by atoms with Crippen molar-refractivity contribution < 1.29 is 14.2 Å². The molecule has 7 heteroatoms. The Morgan fingerprint density at radius 2 is 2.04 bits per heavy atom. The van der Waals surface area contributed by atoms with Crippen LogP contribution in [0.3, 0.4) is 0 Å². The number of H-pyrrole nitrogens is 1. The van der Waals surface area contributed by atoms with Crippen molar-refractivity contribution in [1.82, 2.24) is 10.2 Å². The largest absolute Gasteiger partial charge is 0.490 e. The average Bonchev–Trinajstić information content (AvgIpc) is 3.08. The molecule has 0 amide bonds. The van der Waals surface area contributed by atoms with Crippen molar-refractivity contribution in [2.75, 3.05) is 13.2 Å². The van der Waals surface area contributed by atoms with Crippen LogP contribution in [-0.2, 0) is 6.42 Å². The molecule has 28 heavy (non-hydrogen) atoms. The van der Waals surface area contributed by atoms with Crippen LogP contribution in [-0.4, -0.2) is 23.4 Å². The van der Waals surface area contributed by atoms with E-state index in [1.165, 1.54) is 0 Å². The van der Waals surface area contributed by atoms with Crippen molar-refractivity contribution in [3.05, 3.63) is 46.5 Å². The summed E-state index contributed by atoms with van der Waals surface area (Å²) in [5, 5.41) is 17.1. The smallest absolute Gasteiger partial charge is 0.244 e. The zero-order valence-corrected chi connectivity index (χ0v) is 16.5. The standard InChI is InChI=1S/C21H26N4O3/c1-4-7-15-19-18(14(12-22)20(23)28-21(19)25-24-15)13-8-9-16(27-10-5-2)17(11-13)26-6-3/h8-9,11,18H,4-7,10,23H2,1-3H3,(H,24,25). The van der Waals surface area contributed by atoms with Crippen LogP contribution in [0.25, 0.3) is 0 Å². The van der Waals surface area contributed by atoms with E-state index in [1.807, 2.05) is 25.1 Å². The highest BCUT2D eigenvalue weighted by molar-refractivity contribution is 5.57. The SMILES string of the molecule is CCCOc1ccc(C2C(C#N)=C(N)Oc3n[nH]c(CCC)c32)cc1OCC. The van der Waals surface area contributed by atoms with E-state index in [0.717, 1.165) is 36.1 Å². The van der Waals surface area contributed by atoms with Crippen LogP contribution in [0, 0.1) is 11.3 Å². The number of rotatable bonds is 8. The summed E-state index contributed by atoms with van der Waals surface area (Å²) in [5.74, 6) is 1.48. The number of allylic oxidation sites excluding steroid dienone is 1. The number of nitriles is 1. The number of aromatic amines is 1. The van der Waals surface area contributed by atoms with Crippen LogP contribution in [0.2, 0.25) is 0 Å². The Bertz CT molecular complexity index is 911. The first-order valence-corrected chi connectivity index (χ1v) is 9.68. The molecular weight excluding hydrogens is 356 g/mol. The van der Waals surface area contributed by atoms with Gasteiger partial charge in [-0.25, -0.2) is 0 Å². The third-order valence-corrected chi connectivity index (χ3v) is 4.58. The average molecular weight is 382 g/mol. The number of hydrogen-bond donors (Lipinski definition) is 2. The van der Waals surface area contributed by atoms with Gasteiger partial charge in [0.2, 0.25) is 11.8 Å². The van der Waals surface area contributed by atoms with E-state index in [4.69, 9.17) is 19.9 Å². The van der Waals surface area contributed by atoms with Crippen LogP contribution in [0.15, 0.2) is 29.7 Å². The van der Waals surface area contributed by atoms with Gasteiger partial charge < -0.3 is 19.9 Å². The second-order valence-electron chi connectivity index (χ2n) is 6.58. The Kier molecular flexibility index (Phi) is 6.09. The Morgan fingerprint density at radius 1 is 1.21 bits per heavy atom. The first-order valence-electron chi connectivity index (χ1n) is 9.68. The number of aryl methyl sites for hydroxylation is 1. The Labute approximate surface area is 165 Å². The van der Waals surface area contributed by atoms with Gasteiger partial charge in [0, 0.05) is 11.3 Å². The summed E-state index contributed by atoms with van der Waals surface area (Å²) >= 11 is 0. The molecule has 0 radical (unpaired) electrons. The van der Waals surface area contributed by atoms with E-state index >= 15 is 0 Å². The number of ether oxygens (including phenoxy) is 3. The van der Waals surface area contributed by atoms with Gasteiger partial charge in [-0.1, -0.05) is 26.3 Å². The molecule has 1 aliphatic rings. The maximum Gasteiger partial charge on any atom is 0.244 e. The minimum absolute atomic E-state index is 0.0822. The molecule has 148 valence electrons. The predicted molar refractivity (Wildman–Crippen MR) is 105 cm³/mol. The van der Waals surface area contributed by atoms with Gasteiger partial charge in [-0.3, -0.25) is 5.10 Å². The van der Waals surface area contributed by atoms with Gasteiger partial charge in [0.1, 0.15) is 11.6 Å². The van der Waals surface area contributed by atoms with Gasteiger partial charge in [0.15, 0.2) is 11.5 Å². The molecule has 0 aliphatic carbocycles. The lowest BCUT2D eigenvalue weighted by Crippen LogP contribution is -2.21. The van der Waals surface area contributed by atoms with Gasteiger partial charge in [0.05, 0.1) is 19.1 Å². The van der Waals surface area contributed by atoms with Crippen molar-refractivity contribution in [2.24, 2.45) is 5.73 Å². The highest BCUT2D eigenvalue weighted by Crippen LogP contribution is 2.44. The molecule has 2 heterocycles. The fourth-order valence-corrected chi connectivity index (χ4v) is 3.39. The lowest BCUT2D eigenvalue weighted by atomic mass is 9.83. The second kappa shape index (κ2) is 8.70. The molecule has 3 N–H and O–H groups in total. The number of aromatic nitrogens is 2. The van der Waals surface area contributed by atoms with E-state index in [2.05, 4.69) is 30.1 Å². The minimum atomic E-state index is -0.367. The summed E-state index contributed by atoms with van der Waals surface area (Å²) in [6.45, 7) is 7.20. The number of fused-ring (bicyclic) bond motifs is 1. The van der Waals surface area contributed by atoms with Crippen LogP contribution in [0.1, 0.15) is 56.4 Å². The normalized spacial score (nSPS) is 15.6. The fraction of sp³-hybridized carbons (Fsp3) is 0.429. The summed E-state index contributed by atoms with van der Waals surface area (Å²) in [5.41, 5.74) is 9.10. The zero-order chi connectivity index (χ0) is 20.1. The van der Waals surface area contributed by atoms with Crippen molar-refractivity contribution in [3.63, 3.8) is 0 Å². The molecule has 1 aliphatic heterocycles. The van der Waals surface area contributed by atoms with E-state index < -0.39 is 0 Å². The molecule has 0 saturated carbocycles. The van der Waals surface area contributed by atoms with Crippen LogP contribution in [0.5, 0.6) is 17.4 Å². The first kappa shape index (κ1) is 19.6. The number of hydrogen-bond acceptors (Lipinski definition) is 6. The molecule has 0 fully saturated rings. The van der Waals surface area contributed by atoms with Crippen molar-refractivity contribution in [3.8, 4) is 23.4 Å². The fourth-order valence-electron chi connectivity index (χ4n) is 3.39. The molecule has 1 aromatic heterocycles. The quantitative estimate of drug-likeness (QED) is 0.720. The van der Waals surface area contributed by atoms with Crippen molar-refractivity contribution in [1.29, 1.82) is 5.26 Å². The Balaban J connectivity index is 2.12. The van der Waals surface area contributed by atoms with Crippen molar-refractivity contribution >= 4 is 0 Å². The summed E-state index contributed by atoms with van der Waals surface area (Å²) in [6, 6.07) is 7.97. The monoisotopic (exact) mass is 382 g/mol. The number of nitrogens with zero attached hydrogens (tertiary/aromatic N) is 2. The molecule has 1 atom stereocenters. The first-order chi connectivity index (χ1) is 13.6. The summed E-state index contributed by atoms with van der Waals surface area (Å²) < 4.78 is 17.2. The summed E-state index contributed by atoms with van der Waals surface area (Å²) in [7, 11) is 0. The van der Waals surface area contributed by atoms with E-state index in [-0.39, 0.29) is 11.8 Å². The van der Waals surface area contributed by atoms with Gasteiger partial charge >= 0.3 is 0 Å². The maximum atomic E-state index is 9.77. The number of benzene rings is 1. The van der Waals surface area contributed by atoms with E-state index in [9.17, 15) is 5.26 Å². The van der Waals surface area contributed by atoms with Crippen molar-refractivity contribution in [2.45, 2.75) is 46.0 Å². The summed E-state index contributed by atoms with van der Waals surface area (Å²) in [6.07, 6.45) is 2.65. The lowest BCUT2D eigenvalue weighted by molar-refractivity contribution is 0.276. The van der Waals surface area contributed by atoms with Crippen LogP contribution < -0.4 is 19.9 Å². The van der Waals surface area contributed by atoms with E-state index in [0.29, 0.717) is 36.2 Å². The van der Waals surface area contributed by atoms with Crippen LogP contribution in [0.4, 0.5) is 0 Å². The molecule has 0 saturated heterocycles. The van der Waals surface area contributed by atoms with Gasteiger partial charge in [-0.05, 0) is 37.5 Å².